The highest BCUT2D eigenvalue weighted by Crippen LogP contribution is 2.45. The lowest BCUT2D eigenvalue weighted by Crippen LogP contribution is -2.30. The van der Waals surface area contributed by atoms with Crippen molar-refractivity contribution in [1.29, 1.82) is 0 Å². The number of hydrogen-bond acceptors (Lipinski definition) is 15. The van der Waals surface area contributed by atoms with Crippen molar-refractivity contribution in [1.82, 2.24) is 0 Å². The average molecular weight is 1510 g/mol. The van der Waals surface area contributed by atoms with E-state index >= 15 is 0 Å². The lowest BCUT2D eigenvalue weighted by Gasteiger charge is -2.21. The monoisotopic (exact) mass is 1510 g/mol. The molecule has 3 N–H and O–H groups in total. The van der Waals surface area contributed by atoms with Crippen molar-refractivity contribution < 1.29 is 80.2 Å². The van der Waals surface area contributed by atoms with E-state index in [1.807, 2.05) is 0 Å². The molecule has 0 aliphatic carbocycles. The summed E-state index contributed by atoms with van der Waals surface area (Å²) in [5.41, 5.74) is 0. The minimum atomic E-state index is -4.96. The van der Waals surface area contributed by atoms with E-state index in [9.17, 15) is 43.2 Å². The first-order valence-electron chi connectivity index (χ1n) is 43.4. The lowest BCUT2D eigenvalue weighted by molar-refractivity contribution is -0.161. The second kappa shape index (κ2) is 74.2. The smallest absolute Gasteiger partial charge is 0.462 e. The van der Waals surface area contributed by atoms with Crippen LogP contribution in [0.1, 0.15) is 440 Å². The Labute approximate surface area is 632 Å². The predicted octanol–water partition coefficient (Wildman–Crippen LogP) is 25.3. The van der Waals surface area contributed by atoms with E-state index in [4.69, 9.17) is 37.0 Å². The molecule has 0 amide bonds. The fraction of sp³-hybridized carbons (Fsp3) is 0.952. The molecule has 0 aromatic heterocycles. The van der Waals surface area contributed by atoms with Crippen LogP contribution in [-0.4, -0.2) is 96.7 Å². The minimum absolute atomic E-state index is 0.108. The number of carbonyl (C=O) groups is 4. The fourth-order valence-corrected chi connectivity index (χ4v) is 14.6. The zero-order chi connectivity index (χ0) is 75.8. The second-order valence-electron chi connectivity index (χ2n) is 31.4. The summed E-state index contributed by atoms with van der Waals surface area (Å²) in [5, 5.41) is 10.7. The first-order chi connectivity index (χ1) is 49.8. The molecule has 0 saturated heterocycles. The molecule has 0 aliphatic rings. The van der Waals surface area contributed by atoms with Crippen LogP contribution in [0.5, 0.6) is 0 Å². The molecule has 0 heterocycles. The van der Waals surface area contributed by atoms with E-state index < -0.39 is 97.5 Å². The quantitative estimate of drug-likeness (QED) is 0.0222. The third-order valence-electron chi connectivity index (χ3n) is 20.0. The zero-order valence-corrected chi connectivity index (χ0v) is 69.6. The first-order valence-corrected chi connectivity index (χ1v) is 46.4. The van der Waals surface area contributed by atoms with E-state index in [1.54, 1.807) is 0 Å². The Kier molecular flexibility index (Phi) is 72.8. The highest BCUT2D eigenvalue weighted by molar-refractivity contribution is 7.47. The zero-order valence-electron chi connectivity index (χ0n) is 67.8. The fourth-order valence-electron chi connectivity index (χ4n) is 13.0. The molecule has 0 aromatic carbocycles. The first kappa shape index (κ1) is 101. The summed E-state index contributed by atoms with van der Waals surface area (Å²) in [6, 6.07) is 0. The van der Waals surface area contributed by atoms with Gasteiger partial charge in [0.1, 0.15) is 19.3 Å². The molecule has 103 heavy (non-hydrogen) atoms. The van der Waals surface area contributed by atoms with Crippen LogP contribution in [0.2, 0.25) is 0 Å². The van der Waals surface area contributed by atoms with Gasteiger partial charge in [-0.05, 0) is 43.4 Å². The number of aliphatic hydroxyl groups is 1. The number of phosphoric ester groups is 2. The number of hydrogen-bond donors (Lipinski definition) is 3. The molecule has 0 spiro atoms. The molecule has 3 unspecified atom stereocenters. The van der Waals surface area contributed by atoms with Crippen molar-refractivity contribution in [3.8, 4) is 0 Å². The average Bonchev–Trinajstić information content (AvgIpc) is 0.911. The van der Waals surface area contributed by atoms with Crippen LogP contribution < -0.4 is 0 Å². The molecule has 0 saturated carbocycles. The van der Waals surface area contributed by atoms with E-state index in [-0.39, 0.29) is 25.7 Å². The van der Waals surface area contributed by atoms with Gasteiger partial charge in [0.15, 0.2) is 12.2 Å². The minimum Gasteiger partial charge on any atom is -0.462 e. The molecule has 0 aliphatic heterocycles. The van der Waals surface area contributed by atoms with Gasteiger partial charge in [-0.1, -0.05) is 389 Å². The Hall–Kier alpha value is -1.94. The summed E-state index contributed by atoms with van der Waals surface area (Å²) in [7, 11) is -9.93. The van der Waals surface area contributed by atoms with Gasteiger partial charge in [-0.25, -0.2) is 9.13 Å². The van der Waals surface area contributed by atoms with Crippen molar-refractivity contribution >= 4 is 39.5 Å². The molecule has 19 heteroatoms. The van der Waals surface area contributed by atoms with Crippen molar-refractivity contribution in [3.63, 3.8) is 0 Å². The standard InChI is InChI=1S/C84H164O17P2/c1-8-10-11-12-13-14-15-16-17-18-23-29-34-39-44-53-60-68-84(89)101-80(72-95-82(87)66-59-52-47-46-50-57-64-77(7)9-2)74-99-103(92,93)97-70-78(85)69-96-102(90,91)98-73-79(100-83(88)67-61-54-45-40-35-30-25-20-22-27-32-37-42-49-56-63-76(5)6)71-94-81(86)65-58-51-43-38-33-28-24-19-21-26-31-36-41-48-55-62-75(3)4/h75-80,85H,8-74H2,1-7H3,(H,90,91)(H,92,93)/t77?,78-,79-,80-/m1/s1. The van der Waals surface area contributed by atoms with Gasteiger partial charge in [0.25, 0.3) is 0 Å². The number of carbonyl (C=O) groups excluding carboxylic acids is 4. The van der Waals surface area contributed by atoms with Gasteiger partial charge in [-0.3, -0.25) is 37.3 Å². The topological polar surface area (TPSA) is 237 Å². The van der Waals surface area contributed by atoms with Gasteiger partial charge >= 0.3 is 39.5 Å². The predicted molar refractivity (Wildman–Crippen MR) is 423 cm³/mol. The Morgan fingerprint density at radius 3 is 0.738 bits per heavy atom. The van der Waals surface area contributed by atoms with Gasteiger partial charge in [0, 0.05) is 25.7 Å². The third-order valence-corrected chi connectivity index (χ3v) is 21.9. The van der Waals surface area contributed by atoms with Crippen LogP contribution in [0.15, 0.2) is 0 Å². The summed E-state index contributed by atoms with van der Waals surface area (Å²) >= 11 is 0. The summed E-state index contributed by atoms with van der Waals surface area (Å²) in [6.45, 7) is 12.0. The normalized spacial score (nSPS) is 14.2. The molecule has 0 aromatic rings. The summed E-state index contributed by atoms with van der Waals surface area (Å²) < 4.78 is 68.8. The highest BCUT2D eigenvalue weighted by atomic mass is 31.2. The number of aliphatic hydroxyl groups excluding tert-OH is 1. The van der Waals surface area contributed by atoms with E-state index in [0.29, 0.717) is 25.7 Å². The van der Waals surface area contributed by atoms with Crippen LogP contribution in [-0.2, 0) is 65.4 Å². The highest BCUT2D eigenvalue weighted by Gasteiger charge is 2.30. The van der Waals surface area contributed by atoms with Crippen molar-refractivity contribution in [2.75, 3.05) is 39.6 Å². The maximum Gasteiger partial charge on any atom is 0.472 e. The summed E-state index contributed by atoms with van der Waals surface area (Å²) in [5.74, 6) is 0.233. The Bertz CT molecular complexity index is 1990. The molecule has 6 atom stereocenters. The van der Waals surface area contributed by atoms with Crippen LogP contribution in [0.4, 0.5) is 0 Å². The maximum atomic E-state index is 13.1. The number of unbranched alkanes of at least 4 members (excludes halogenated alkanes) is 49. The van der Waals surface area contributed by atoms with Crippen molar-refractivity contribution in [3.05, 3.63) is 0 Å². The molecule has 17 nitrogen and oxygen atoms in total. The van der Waals surface area contributed by atoms with E-state index in [1.165, 1.54) is 244 Å². The molecule has 0 rings (SSSR count). The van der Waals surface area contributed by atoms with Crippen LogP contribution in [0.25, 0.3) is 0 Å². The summed E-state index contributed by atoms with van der Waals surface area (Å²) in [6.07, 6.45) is 63.8. The molecule has 0 radical (unpaired) electrons. The molecular weight excluding hydrogens is 1340 g/mol. The Morgan fingerprint density at radius 2 is 0.495 bits per heavy atom. The molecular formula is C84H164O17P2. The van der Waals surface area contributed by atoms with Crippen LogP contribution in [0, 0.1) is 17.8 Å². The van der Waals surface area contributed by atoms with Gasteiger partial charge < -0.3 is 33.8 Å². The molecule has 0 bridgehead atoms. The molecule has 612 valence electrons. The van der Waals surface area contributed by atoms with Crippen LogP contribution >= 0.6 is 15.6 Å². The van der Waals surface area contributed by atoms with Crippen LogP contribution in [0.3, 0.4) is 0 Å². The van der Waals surface area contributed by atoms with Gasteiger partial charge in [0.05, 0.1) is 26.4 Å². The van der Waals surface area contributed by atoms with Gasteiger partial charge in [-0.2, -0.15) is 0 Å². The number of ether oxygens (including phenoxy) is 4. The maximum absolute atomic E-state index is 13.1. The number of phosphoric acid groups is 2. The van der Waals surface area contributed by atoms with Gasteiger partial charge in [-0.15, -0.1) is 0 Å². The van der Waals surface area contributed by atoms with Crippen molar-refractivity contribution in [2.45, 2.75) is 458 Å². The Balaban J connectivity index is 5.24. The molecule has 0 fully saturated rings. The number of rotatable bonds is 82. The van der Waals surface area contributed by atoms with Gasteiger partial charge in [0.2, 0.25) is 0 Å². The largest absolute Gasteiger partial charge is 0.472 e. The second-order valence-corrected chi connectivity index (χ2v) is 34.3. The lowest BCUT2D eigenvalue weighted by atomic mass is 10.00. The Morgan fingerprint density at radius 1 is 0.282 bits per heavy atom. The SMILES string of the molecule is CCCCCCCCCCCCCCCCCCCC(=O)O[C@H](COC(=O)CCCCCCCCC(C)CC)COP(=O)(O)OC[C@H](O)COP(=O)(O)OC[C@@H](COC(=O)CCCCCCCCCCCCCCCCCC(C)C)OC(=O)CCCCCCCCCCCCCCCCCC(C)C. The number of esters is 4. The van der Waals surface area contributed by atoms with Crippen molar-refractivity contribution in [2.24, 2.45) is 17.8 Å². The summed E-state index contributed by atoms with van der Waals surface area (Å²) in [4.78, 5) is 73.2. The van der Waals surface area contributed by atoms with E-state index in [0.717, 1.165) is 114 Å². The van der Waals surface area contributed by atoms with E-state index in [2.05, 4.69) is 48.5 Å². The third kappa shape index (κ3) is 76.6.